The second-order valence-corrected chi connectivity index (χ2v) is 13.1. The van der Waals surface area contributed by atoms with Crippen LogP contribution in [0, 0.1) is 0 Å². The zero-order valence-electron chi connectivity index (χ0n) is 35.0. The molecule has 10 heteroatoms. The van der Waals surface area contributed by atoms with Crippen molar-refractivity contribution < 1.29 is 37.9 Å². The van der Waals surface area contributed by atoms with E-state index in [1.54, 1.807) is 0 Å². The van der Waals surface area contributed by atoms with Crippen molar-refractivity contribution in [3.8, 4) is 0 Å². The first kappa shape index (κ1) is 57.9. The van der Waals surface area contributed by atoms with E-state index in [4.69, 9.17) is 37.9 Å². The summed E-state index contributed by atoms with van der Waals surface area (Å²) in [5.41, 5.74) is 0. The Morgan fingerprint density at radius 2 is 0.600 bits per heavy atom. The standard InChI is InChI=1S/C15H32O4.C13H28O2.C12H26O2.I2/c1-5-7-9-18-14(3)11-16-13-17-12-15(4)19-10-8-6-2;1-5-7-9-14-12(3)11-13(4)15-10-8-6-2;1-5-7-9-13-11(3)12(4)14-10-8-6-2;1-2/h14-15H,5-13H2,1-4H3;12-13H,5-11H2,1-4H3;11-12H,5-10H2,1-4H3;. The molecule has 0 saturated carbocycles. The molecule has 0 aliphatic carbocycles. The molecule has 50 heavy (non-hydrogen) atoms. The van der Waals surface area contributed by atoms with Crippen LogP contribution in [0.5, 0.6) is 0 Å². The SMILES string of the molecule is CCCCOC(C)C(C)OCCCC.CCCCOC(C)CC(C)OCCCC.CCCCOC(C)COCOCC(C)OCCCC.II. The summed E-state index contributed by atoms with van der Waals surface area (Å²) in [5.74, 6) is 0. The van der Waals surface area contributed by atoms with Gasteiger partial charge in [-0.3, -0.25) is 0 Å². The lowest BCUT2D eigenvalue weighted by Gasteiger charge is -2.20. The molecule has 0 radical (unpaired) electrons. The molecule has 0 aliphatic rings. The third-order valence-corrected chi connectivity index (χ3v) is 7.56. The Bertz CT molecular complexity index is 533. The fraction of sp³-hybridized carbons (Fsp3) is 1.00. The first-order valence-corrected chi connectivity index (χ1v) is 26.4. The highest BCUT2D eigenvalue weighted by Crippen LogP contribution is 2.08. The minimum absolute atomic E-state index is 0.133. The van der Waals surface area contributed by atoms with Gasteiger partial charge < -0.3 is 37.9 Å². The van der Waals surface area contributed by atoms with E-state index < -0.39 is 0 Å². The fourth-order valence-electron chi connectivity index (χ4n) is 4.00. The molecular weight excluding hydrogens is 862 g/mol. The summed E-state index contributed by atoms with van der Waals surface area (Å²) in [6, 6.07) is 0. The molecule has 0 aromatic carbocycles. The summed E-state index contributed by atoms with van der Waals surface area (Å²) in [4.78, 5) is 0. The maximum atomic E-state index is 5.68. The molecule has 8 nitrogen and oxygen atoms in total. The topological polar surface area (TPSA) is 73.8 Å². The van der Waals surface area contributed by atoms with Gasteiger partial charge in [0, 0.05) is 76.9 Å². The lowest BCUT2D eigenvalue weighted by molar-refractivity contribution is -0.110. The summed E-state index contributed by atoms with van der Waals surface area (Å²) >= 11 is 4.24. The summed E-state index contributed by atoms with van der Waals surface area (Å²) in [6.07, 6.45) is 16.3. The molecule has 6 unspecified atom stereocenters. The third kappa shape index (κ3) is 51.2. The predicted molar refractivity (Wildman–Crippen MR) is 231 cm³/mol. The van der Waals surface area contributed by atoms with Gasteiger partial charge in [-0.15, -0.1) is 0 Å². The molecule has 0 fully saturated rings. The van der Waals surface area contributed by atoms with Crippen LogP contribution < -0.4 is 0 Å². The first-order chi connectivity index (χ1) is 24.1. The molecule has 0 amide bonds. The summed E-state index contributed by atoms with van der Waals surface area (Å²) < 4.78 is 44.6. The summed E-state index contributed by atoms with van der Waals surface area (Å²) in [6.45, 7) is 32.1. The van der Waals surface area contributed by atoms with Crippen LogP contribution in [-0.4, -0.2) is 96.3 Å². The first-order valence-electron chi connectivity index (χ1n) is 20.1. The monoisotopic (exact) mass is 948 g/mol. The second-order valence-electron chi connectivity index (χ2n) is 13.1. The average Bonchev–Trinajstić information content (AvgIpc) is 3.10. The molecule has 0 N–H and O–H groups in total. The van der Waals surface area contributed by atoms with Gasteiger partial charge in [-0.05, 0) is 86.5 Å². The van der Waals surface area contributed by atoms with Crippen molar-refractivity contribution in [2.24, 2.45) is 0 Å². The predicted octanol–water partition coefficient (Wildman–Crippen LogP) is 12.3. The smallest absolute Gasteiger partial charge is 0.146 e. The molecule has 0 aromatic heterocycles. The summed E-state index contributed by atoms with van der Waals surface area (Å²) in [7, 11) is 0. The van der Waals surface area contributed by atoms with E-state index in [0.717, 1.165) is 97.4 Å². The van der Waals surface area contributed by atoms with Crippen LogP contribution in [0.3, 0.4) is 0 Å². The minimum Gasteiger partial charge on any atom is -0.378 e. The van der Waals surface area contributed by atoms with Gasteiger partial charge in [0.1, 0.15) is 6.79 Å². The van der Waals surface area contributed by atoms with Crippen molar-refractivity contribution in [1.82, 2.24) is 0 Å². The van der Waals surface area contributed by atoms with E-state index in [0.29, 0.717) is 32.2 Å². The van der Waals surface area contributed by atoms with E-state index in [1.807, 2.05) is 13.8 Å². The van der Waals surface area contributed by atoms with Crippen molar-refractivity contribution >= 4 is 37.2 Å². The van der Waals surface area contributed by atoms with Gasteiger partial charge in [0.2, 0.25) is 0 Å². The molecule has 0 aliphatic heterocycles. The van der Waals surface area contributed by atoms with Crippen molar-refractivity contribution in [2.75, 3.05) is 59.6 Å². The normalized spacial score (nSPS) is 14.5. The van der Waals surface area contributed by atoms with Crippen molar-refractivity contribution in [3.63, 3.8) is 0 Å². The van der Waals surface area contributed by atoms with Gasteiger partial charge in [-0.2, -0.15) is 0 Å². The average molecular weight is 949 g/mol. The van der Waals surface area contributed by atoms with Crippen LogP contribution in [0.4, 0.5) is 0 Å². The van der Waals surface area contributed by atoms with Gasteiger partial charge in [-0.25, -0.2) is 0 Å². The second kappa shape index (κ2) is 50.1. The molecule has 6 atom stereocenters. The van der Waals surface area contributed by atoms with Crippen LogP contribution in [0.15, 0.2) is 0 Å². The fourth-order valence-corrected chi connectivity index (χ4v) is 4.00. The van der Waals surface area contributed by atoms with Gasteiger partial charge in [-0.1, -0.05) is 80.1 Å². The minimum atomic E-state index is 0.133. The Morgan fingerprint density at radius 1 is 0.360 bits per heavy atom. The molecule has 308 valence electrons. The Hall–Kier alpha value is 1.14. The van der Waals surface area contributed by atoms with Crippen molar-refractivity contribution in [2.45, 2.75) is 203 Å². The van der Waals surface area contributed by atoms with Crippen molar-refractivity contribution in [1.29, 1.82) is 0 Å². The van der Waals surface area contributed by atoms with Crippen molar-refractivity contribution in [3.05, 3.63) is 0 Å². The number of halogens is 2. The number of hydrogen-bond acceptors (Lipinski definition) is 8. The quantitative estimate of drug-likeness (QED) is 0.0366. The van der Waals surface area contributed by atoms with Gasteiger partial charge in [0.15, 0.2) is 0 Å². The largest absolute Gasteiger partial charge is 0.378 e. The maximum Gasteiger partial charge on any atom is 0.146 e. The molecule has 0 heterocycles. The molecule has 0 saturated heterocycles. The van der Waals surface area contributed by atoms with E-state index in [1.165, 1.54) is 25.7 Å². The van der Waals surface area contributed by atoms with Gasteiger partial charge in [0.25, 0.3) is 0 Å². The highest BCUT2D eigenvalue weighted by Gasteiger charge is 2.12. The van der Waals surface area contributed by atoms with E-state index >= 15 is 0 Å². The Morgan fingerprint density at radius 3 is 0.860 bits per heavy atom. The lowest BCUT2D eigenvalue weighted by atomic mass is 10.2. The lowest BCUT2D eigenvalue weighted by Crippen LogP contribution is -2.26. The van der Waals surface area contributed by atoms with Crippen LogP contribution in [-0.2, 0) is 37.9 Å². The molecule has 0 rings (SSSR count). The molecule has 0 bridgehead atoms. The van der Waals surface area contributed by atoms with Crippen LogP contribution in [0.25, 0.3) is 0 Å². The highest BCUT2D eigenvalue weighted by atomic mass is 128. The number of hydrogen-bond donors (Lipinski definition) is 0. The number of rotatable bonds is 33. The van der Waals surface area contributed by atoms with Crippen LogP contribution in [0.2, 0.25) is 0 Å². The van der Waals surface area contributed by atoms with E-state index in [-0.39, 0.29) is 24.4 Å². The molecular formula is C40H86I2O8. The molecule has 0 spiro atoms. The van der Waals surface area contributed by atoms with Gasteiger partial charge in [0.05, 0.1) is 49.8 Å². The zero-order valence-corrected chi connectivity index (χ0v) is 39.4. The van der Waals surface area contributed by atoms with Crippen LogP contribution >= 0.6 is 37.2 Å². The maximum absolute atomic E-state index is 5.68. The summed E-state index contributed by atoms with van der Waals surface area (Å²) in [5, 5.41) is 0. The van der Waals surface area contributed by atoms with Gasteiger partial charge >= 0.3 is 0 Å². The highest BCUT2D eigenvalue weighted by molar-refractivity contribution is 15.0. The third-order valence-electron chi connectivity index (χ3n) is 7.56. The van der Waals surface area contributed by atoms with Crippen LogP contribution in [0.1, 0.15) is 167 Å². The Balaban J connectivity index is -0.000000313. The number of ether oxygens (including phenoxy) is 8. The van der Waals surface area contributed by atoms with E-state index in [9.17, 15) is 0 Å². The Kier molecular flexibility index (Phi) is 58.0. The Labute approximate surface area is 335 Å². The van der Waals surface area contributed by atoms with E-state index in [2.05, 4.69) is 106 Å². The zero-order chi connectivity index (χ0) is 38.7. The number of unbranched alkanes of at least 4 members (excludes halogenated alkanes) is 6. The molecule has 0 aromatic rings.